The van der Waals surface area contributed by atoms with Crippen LogP contribution in [0.1, 0.15) is 23.7 Å². The molecule has 3 nitrogen and oxygen atoms in total. The molecule has 1 heterocycles. The number of nitrogens with zero attached hydrogens (tertiary/aromatic N) is 1. The molecule has 1 amide bonds. The highest BCUT2D eigenvalue weighted by Gasteiger charge is 2.06. The fraction of sp³-hybridized carbons (Fsp3) is 0.286. The van der Waals surface area contributed by atoms with Crippen LogP contribution in [0.15, 0.2) is 36.5 Å². The lowest BCUT2D eigenvalue weighted by Crippen LogP contribution is -2.25. The first kappa shape index (κ1) is 12.8. The summed E-state index contributed by atoms with van der Waals surface area (Å²) >= 11 is 5.83. The highest BCUT2D eigenvalue weighted by Crippen LogP contribution is 2.13. The number of carbonyl (C=O) groups is 1. The van der Waals surface area contributed by atoms with Crippen LogP contribution in [0.3, 0.4) is 0 Å². The number of alkyl halides is 1. The lowest BCUT2D eigenvalue weighted by molar-refractivity contribution is 0.0953. The Kier molecular flexibility index (Phi) is 4.15. The van der Waals surface area contributed by atoms with Gasteiger partial charge in [-0.05, 0) is 37.6 Å². The summed E-state index contributed by atoms with van der Waals surface area (Å²) in [6.45, 7) is 2.50. The topological polar surface area (TPSA) is 42.0 Å². The van der Waals surface area contributed by atoms with Gasteiger partial charge in [-0.1, -0.05) is 6.07 Å². The summed E-state index contributed by atoms with van der Waals surface area (Å²) in [5.41, 5.74) is 1.54. The van der Waals surface area contributed by atoms with Crippen LogP contribution in [0, 0.1) is 0 Å². The number of aromatic nitrogens is 1. The second-order valence-electron chi connectivity index (χ2n) is 4.24. The third kappa shape index (κ3) is 3.20. The van der Waals surface area contributed by atoms with E-state index in [9.17, 15) is 4.79 Å². The normalized spacial score (nSPS) is 12.3. The molecule has 1 unspecified atom stereocenters. The molecule has 0 fully saturated rings. The molecule has 1 aromatic heterocycles. The molecule has 1 atom stereocenters. The van der Waals surface area contributed by atoms with Crippen molar-refractivity contribution in [3.8, 4) is 0 Å². The number of halogens is 1. The summed E-state index contributed by atoms with van der Waals surface area (Å²) < 4.78 is 0. The Balaban J connectivity index is 2.08. The minimum atomic E-state index is -0.0712. The van der Waals surface area contributed by atoms with E-state index in [0.717, 1.165) is 17.3 Å². The van der Waals surface area contributed by atoms with Gasteiger partial charge in [0.1, 0.15) is 0 Å². The molecule has 1 N–H and O–H groups in total. The van der Waals surface area contributed by atoms with E-state index in [4.69, 9.17) is 11.6 Å². The van der Waals surface area contributed by atoms with Gasteiger partial charge in [0.2, 0.25) is 0 Å². The van der Waals surface area contributed by atoms with Gasteiger partial charge in [-0.2, -0.15) is 0 Å². The Morgan fingerprint density at radius 3 is 3.06 bits per heavy atom. The smallest absolute Gasteiger partial charge is 0.251 e. The third-order valence-electron chi connectivity index (χ3n) is 2.69. The lowest BCUT2D eigenvalue weighted by Gasteiger charge is -2.07. The van der Waals surface area contributed by atoms with Crippen molar-refractivity contribution in [2.75, 3.05) is 6.54 Å². The molecule has 2 aromatic rings. The zero-order chi connectivity index (χ0) is 13.0. The van der Waals surface area contributed by atoms with Crippen LogP contribution in [0.5, 0.6) is 0 Å². The van der Waals surface area contributed by atoms with Gasteiger partial charge in [0.15, 0.2) is 0 Å². The van der Waals surface area contributed by atoms with E-state index in [-0.39, 0.29) is 11.3 Å². The van der Waals surface area contributed by atoms with Crippen LogP contribution in [0.25, 0.3) is 10.9 Å². The highest BCUT2D eigenvalue weighted by atomic mass is 35.5. The van der Waals surface area contributed by atoms with Crippen molar-refractivity contribution in [1.29, 1.82) is 0 Å². The average molecular weight is 263 g/mol. The molecular formula is C14H15ClN2O. The molecule has 0 aliphatic rings. The quantitative estimate of drug-likeness (QED) is 0.861. The molecule has 4 heteroatoms. The summed E-state index contributed by atoms with van der Waals surface area (Å²) in [4.78, 5) is 16.1. The number of nitrogens with one attached hydrogen (secondary N) is 1. The minimum absolute atomic E-state index is 0.0712. The maximum Gasteiger partial charge on any atom is 0.251 e. The van der Waals surface area contributed by atoms with Crippen molar-refractivity contribution in [1.82, 2.24) is 10.3 Å². The van der Waals surface area contributed by atoms with Crippen molar-refractivity contribution in [2.24, 2.45) is 0 Å². The predicted molar refractivity (Wildman–Crippen MR) is 74.0 cm³/mol. The van der Waals surface area contributed by atoms with Crippen molar-refractivity contribution in [2.45, 2.75) is 18.7 Å². The molecule has 94 valence electrons. The van der Waals surface area contributed by atoms with E-state index in [1.165, 1.54) is 0 Å². The summed E-state index contributed by atoms with van der Waals surface area (Å²) in [5, 5.41) is 3.89. The van der Waals surface area contributed by atoms with E-state index in [1.54, 1.807) is 12.3 Å². The second kappa shape index (κ2) is 5.83. The molecule has 0 aliphatic heterocycles. The number of rotatable bonds is 4. The number of hydrogen-bond acceptors (Lipinski definition) is 2. The first-order valence-corrected chi connectivity index (χ1v) is 6.37. The van der Waals surface area contributed by atoms with Gasteiger partial charge in [-0.15, -0.1) is 11.6 Å². The largest absolute Gasteiger partial charge is 0.352 e. The SMILES string of the molecule is CC(Cl)CCNC(=O)c1ccc2ncccc2c1. The first-order chi connectivity index (χ1) is 8.66. The van der Waals surface area contributed by atoms with Crippen molar-refractivity contribution >= 4 is 28.4 Å². The molecule has 0 saturated carbocycles. The maximum atomic E-state index is 11.9. The molecule has 0 bridgehead atoms. The molecule has 18 heavy (non-hydrogen) atoms. The van der Waals surface area contributed by atoms with E-state index in [0.29, 0.717) is 12.1 Å². The predicted octanol–water partition coefficient (Wildman–Crippen LogP) is 2.98. The van der Waals surface area contributed by atoms with Gasteiger partial charge < -0.3 is 5.32 Å². The molecule has 0 radical (unpaired) electrons. The number of amides is 1. The third-order valence-corrected chi connectivity index (χ3v) is 2.91. The zero-order valence-corrected chi connectivity index (χ0v) is 10.9. The summed E-state index contributed by atoms with van der Waals surface area (Å²) in [6.07, 6.45) is 2.51. The lowest BCUT2D eigenvalue weighted by atomic mass is 10.1. The Morgan fingerprint density at radius 2 is 2.28 bits per heavy atom. The standard InChI is InChI=1S/C14H15ClN2O/c1-10(15)6-8-17-14(18)12-4-5-13-11(9-12)3-2-7-16-13/h2-5,7,9-10H,6,8H2,1H3,(H,17,18). The Hall–Kier alpha value is -1.61. The van der Waals surface area contributed by atoms with Crippen LogP contribution < -0.4 is 5.32 Å². The fourth-order valence-corrected chi connectivity index (χ4v) is 1.81. The van der Waals surface area contributed by atoms with E-state index in [2.05, 4.69) is 10.3 Å². The van der Waals surface area contributed by atoms with Gasteiger partial charge in [-0.25, -0.2) is 0 Å². The molecular weight excluding hydrogens is 248 g/mol. The Bertz CT molecular complexity index is 554. The number of fused-ring (bicyclic) bond motifs is 1. The summed E-state index contributed by atoms with van der Waals surface area (Å²) in [6, 6.07) is 9.30. The van der Waals surface area contributed by atoms with Gasteiger partial charge in [0, 0.05) is 29.1 Å². The van der Waals surface area contributed by atoms with Crippen LogP contribution in [-0.2, 0) is 0 Å². The van der Waals surface area contributed by atoms with Crippen LogP contribution >= 0.6 is 11.6 Å². The van der Waals surface area contributed by atoms with Crippen molar-refractivity contribution in [3.63, 3.8) is 0 Å². The fourth-order valence-electron chi connectivity index (χ4n) is 1.70. The second-order valence-corrected chi connectivity index (χ2v) is 4.98. The van der Waals surface area contributed by atoms with E-state index >= 15 is 0 Å². The Labute approximate surface area is 111 Å². The van der Waals surface area contributed by atoms with Gasteiger partial charge in [0.25, 0.3) is 5.91 Å². The minimum Gasteiger partial charge on any atom is -0.352 e. The van der Waals surface area contributed by atoms with E-state index in [1.807, 2.05) is 31.2 Å². The van der Waals surface area contributed by atoms with Crippen LogP contribution in [0.4, 0.5) is 0 Å². The maximum absolute atomic E-state index is 11.9. The number of pyridine rings is 1. The molecule has 0 saturated heterocycles. The van der Waals surface area contributed by atoms with E-state index < -0.39 is 0 Å². The summed E-state index contributed by atoms with van der Waals surface area (Å²) in [5.74, 6) is -0.0712. The Morgan fingerprint density at radius 1 is 1.44 bits per heavy atom. The highest BCUT2D eigenvalue weighted by molar-refractivity contribution is 6.20. The average Bonchev–Trinajstić information content (AvgIpc) is 2.37. The van der Waals surface area contributed by atoms with Crippen molar-refractivity contribution in [3.05, 3.63) is 42.1 Å². The number of benzene rings is 1. The molecule has 2 rings (SSSR count). The summed E-state index contributed by atoms with van der Waals surface area (Å²) in [7, 11) is 0. The van der Waals surface area contributed by atoms with Crippen molar-refractivity contribution < 1.29 is 4.79 Å². The number of hydrogen-bond donors (Lipinski definition) is 1. The molecule has 0 aliphatic carbocycles. The number of carbonyl (C=O) groups excluding carboxylic acids is 1. The van der Waals surface area contributed by atoms with Crippen LogP contribution in [0.2, 0.25) is 0 Å². The van der Waals surface area contributed by atoms with Crippen LogP contribution in [-0.4, -0.2) is 22.8 Å². The van der Waals surface area contributed by atoms with Gasteiger partial charge in [0.05, 0.1) is 5.52 Å². The van der Waals surface area contributed by atoms with Gasteiger partial charge >= 0.3 is 0 Å². The monoisotopic (exact) mass is 262 g/mol. The molecule has 1 aromatic carbocycles. The molecule has 0 spiro atoms. The zero-order valence-electron chi connectivity index (χ0n) is 10.2. The van der Waals surface area contributed by atoms with Gasteiger partial charge in [-0.3, -0.25) is 9.78 Å². The first-order valence-electron chi connectivity index (χ1n) is 5.94.